The fraction of sp³-hybridized carbons (Fsp3) is 0.263. The molecule has 0 spiro atoms. The number of rotatable bonds is 4. The third-order valence-corrected chi connectivity index (χ3v) is 4.24. The summed E-state index contributed by atoms with van der Waals surface area (Å²) >= 11 is 0. The molecule has 1 aliphatic heterocycles. The first-order chi connectivity index (χ1) is 11.6. The molecular weight excluding hydrogens is 306 g/mol. The number of hydrogen-bond donors (Lipinski definition) is 0. The Kier molecular flexibility index (Phi) is 4.51. The molecule has 0 unspecified atom stereocenters. The van der Waals surface area contributed by atoms with Crippen molar-refractivity contribution in [3.8, 4) is 11.5 Å². The van der Waals surface area contributed by atoms with E-state index >= 15 is 0 Å². The number of piperidine rings is 1. The van der Waals surface area contributed by atoms with Crippen molar-refractivity contribution in [2.45, 2.75) is 18.8 Å². The number of carbonyl (C=O) groups excluding carboxylic acids is 2. The highest BCUT2D eigenvalue weighted by Gasteiger charge is 2.34. The summed E-state index contributed by atoms with van der Waals surface area (Å²) in [5, 5.41) is 0. The van der Waals surface area contributed by atoms with Crippen molar-refractivity contribution in [3.63, 3.8) is 0 Å². The van der Waals surface area contributed by atoms with Crippen LogP contribution in [0.15, 0.2) is 48.5 Å². The van der Waals surface area contributed by atoms with Crippen molar-refractivity contribution < 1.29 is 19.1 Å². The zero-order chi connectivity index (χ0) is 17.1. The number of nitrogens with zero attached hydrogens (tertiary/aromatic N) is 1. The first kappa shape index (κ1) is 16.1. The molecule has 3 rings (SSSR count). The lowest BCUT2D eigenvalue weighted by Crippen LogP contribution is -2.42. The highest BCUT2D eigenvalue weighted by molar-refractivity contribution is 6.17. The average Bonchev–Trinajstić information content (AvgIpc) is 2.61. The van der Waals surface area contributed by atoms with Crippen LogP contribution in [0.4, 0.5) is 5.69 Å². The quantitative estimate of drug-likeness (QED) is 0.810. The Labute approximate surface area is 140 Å². The van der Waals surface area contributed by atoms with E-state index in [0.29, 0.717) is 24.3 Å². The molecule has 1 saturated heterocycles. The number of imide groups is 1. The third kappa shape index (κ3) is 3.11. The first-order valence-electron chi connectivity index (χ1n) is 7.76. The van der Waals surface area contributed by atoms with Gasteiger partial charge in [-0.1, -0.05) is 18.2 Å². The summed E-state index contributed by atoms with van der Waals surface area (Å²) in [7, 11) is 3.16. The molecule has 0 atom stereocenters. The number of amides is 2. The standard InChI is InChI=1S/C19H19NO4/c1-23-16-8-6-13(7-9-16)14-10-18(21)20(19(22)11-14)15-4-3-5-17(12-15)24-2/h3-9,12,14H,10-11H2,1-2H3. The molecule has 2 amide bonds. The van der Waals surface area contributed by atoms with Crippen molar-refractivity contribution in [3.05, 3.63) is 54.1 Å². The van der Waals surface area contributed by atoms with E-state index < -0.39 is 0 Å². The molecule has 0 N–H and O–H groups in total. The summed E-state index contributed by atoms with van der Waals surface area (Å²) in [6.45, 7) is 0. The molecule has 2 aromatic rings. The Morgan fingerprint density at radius 1 is 0.875 bits per heavy atom. The number of ether oxygens (including phenoxy) is 2. The minimum absolute atomic E-state index is 0.0993. The van der Waals surface area contributed by atoms with Crippen molar-refractivity contribution >= 4 is 17.5 Å². The minimum Gasteiger partial charge on any atom is -0.497 e. The predicted molar refractivity (Wildman–Crippen MR) is 90.5 cm³/mol. The highest BCUT2D eigenvalue weighted by atomic mass is 16.5. The number of methoxy groups -OCH3 is 2. The van der Waals surface area contributed by atoms with Crippen molar-refractivity contribution in [1.82, 2.24) is 0 Å². The van der Waals surface area contributed by atoms with E-state index in [9.17, 15) is 9.59 Å². The van der Waals surface area contributed by atoms with Gasteiger partial charge < -0.3 is 9.47 Å². The molecule has 124 valence electrons. The Balaban J connectivity index is 1.81. The van der Waals surface area contributed by atoms with Gasteiger partial charge in [0.1, 0.15) is 11.5 Å². The van der Waals surface area contributed by atoms with Gasteiger partial charge in [-0.15, -0.1) is 0 Å². The SMILES string of the molecule is COc1ccc(C2CC(=O)N(c3cccc(OC)c3)C(=O)C2)cc1. The van der Waals surface area contributed by atoms with Crippen LogP contribution in [0.25, 0.3) is 0 Å². The lowest BCUT2D eigenvalue weighted by molar-refractivity contribution is -0.129. The molecule has 1 fully saturated rings. The van der Waals surface area contributed by atoms with Gasteiger partial charge >= 0.3 is 0 Å². The van der Waals surface area contributed by atoms with E-state index in [1.54, 1.807) is 38.5 Å². The van der Waals surface area contributed by atoms with Crippen LogP contribution < -0.4 is 14.4 Å². The van der Waals surface area contributed by atoms with E-state index in [-0.39, 0.29) is 17.7 Å². The normalized spacial score (nSPS) is 15.5. The number of carbonyl (C=O) groups is 2. The summed E-state index contributed by atoms with van der Waals surface area (Å²) in [6.07, 6.45) is 0.602. The van der Waals surface area contributed by atoms with Gasteiger partial charge in [-0.25, -0.2) is 0 Å². The van der Waals surface area contributed by atoms with E-state index in [1.165, 1.54) is 4.90 Å². The van der Waals surface area contributed by atoms with E-state index in [0.717, 1.165) is 11.3 Å². The average molecular weight is 325 g/mol. The number of benzene rings is 2. The molecule has 5 nitrogen and oxygen atoms in total. The van der Waals surface area contributed by atoms with Gasteiger partial charge in [-0.05, 0) is 29.8 Å². The predicted octanol–water partition coefficient (Wildman–Crippen LogP) is 3.14. The monoisotopic (exact) mass is 325 g/mol. The van der Waals surface area contributed by atoms with Crippen LogP contribution in [0.5, 0.6) is 11.5 Å². The zero-order valence-corrected chi connectivity index (χ0v) is 13.7. The van der Waals surface area contributed by atoms with Crippen molar-refractivity contribution in [1.29, 1.82) is 0 Å². The second-order valence-electron chi connectivity index (χ2n) is 5.70. The largest absolute Gasteiger partial charge is 0.497 e. The van der Waals surface area contributed by atoms with Gasteiger partial charge in [0.2, 0.25) is 11.8 Å². The topological polar surface area (TPSA) is 55.8 Å². The summed E-state index contributed by atoms with van der Waals surface area (Å²) in [6, 6.07) is 14.5. The van der Waals surface area contributed by atoms with Crippen LogP contribution in [0.1, 0.15) is 24.3 Å². The molecule has 0 bridgehead atoms. The van der Waals surface area contributed by atoms with Gasteiger partial charge in [-0.3, -0.25) is 14.5 Å². The maximum atomic E-state index is 12.6. The summed E-state index contributed by atoms with van der Waals surface area (Å²) < 4.78 is 10.3. The lowest BCUT2D eigenvalue weighted by atomic mass is 9.88. The number of hydrogen-bond acceptors (Lipinski definition) is 4. The Morgan fingerprint density at radius 3 is 2.08 bits per heavy atom. The molecular formula is C19H19NO4. The summed E-state index contributed by atoms with van der Waals surface area (Å²) in [5.41, 5.74) is 1.53. The van der Waals surface area contributed by atoms with E-state index in [2.05, 4.69) is 0 Å². The zero-order valence-electron chi connectivity index (χ0n) is 13.7. The third-order valence-electron chi connectivity index (χ3n) is 4.24. The maximum absolute atomic E-state index is 12.6. The maximum Gasteiger partial charge on any atom is 0.234 e. The summed E-state index contributed by atoms with van der Waals surface area (Å²) in [5.74, 6) is 0.883. The van der Waals surface area contributed by atoms with E-state index in [1.807, 2.05) is 24.3 Å². The van der Waals surface area contributed by atoms with Crippen LogP contribution in [0.2, 0.25) is 0 Å². The van der Waals surface area contributed by atoms with Crippen molar-refractivity contribution in [2.24, 2.45) is 0 Å². The molecule has 1 heterocycles. The second-order valence-corrected chi connectivity index (χ2v) is 5.70. The molecule has 5 heteroatoms. The van der Waals surface area contributed by atoms with Gasteiger partial charge in [0.15, 0.2) is 0 Å². The van der Waals surface area contributed by atoms with Gasteiger partial charge in [0, 0.05) is 24.8 Å². The van der Waals surface area contributed by atoms with Crippen LogP contribution in [-0.2, 0) is 9.59 Å². The Bertz CT molecular complexity index is 736. The van der Waals surface area contributed by atoms with E-state index in [4.69, 9.17) is 9.47 Å². The Morgan fingerprint density at radius 2 is 1.50 bits per heavy atom. The fourth-order valence-corrected chi connectivity index (χ4v) is 2.96. The molecule has 2 aromatic carbocycles. The van der Waals surface area contributed by atoms with Crippen LogP contribution in [-0.4, -0.2) is 26.0 Å². The summed E-state index contributed by atoms with van der Waals surface area (Å²) in [4.78, 5) is 26.4. The molecule has 0 aromatic heterocycles. The fourth-order valence-electron chi connectivity index (χ4n) is 2.96. The molecule has 0 saturated carbocycles. The number of anilines is 1. The van der Waals surface area contributed by atoms with Crippen molar-refractivity contribution in [2.75, 3.05) is 19.1 Å². The lowest BCUT2D eigenvalue weighted by Gasteiger charge is -2.30. The molecule has 0 radical (unpaired) electrons. The molecule has 1 aliphatic rings. The highest BCUT2D eigenvalue weighted by Crippen LogP contribution is 2.33. The minimum atomic E-state index is -0.194. The van der Waals surface area contributed by atoms with Gasteiger partial charge in [0.05, 0.1) is 19.9 Å². The smallest absolute Gasteiger partial charge is 0.234 e. The first-order valence-corrected chi connectivity index (χ1v) is 7.76. The van der Waals surface area contributed by atoms with Crippen LogP contribution in [0, 0.1) is 0 Å². The van der Waals surface area contributed by atoms with Gasteiger partial charge in [-0.2, -0.15) is 0 Å². The second kappa shape index (κ2) is 6.74. The molecule has 0 aliphatic carbocycles. The van der Waals surface area contributed by atoms with Crippen LogP contribution >= 0.6 is 0 Å². The molecule has 24 heavy (non-hydrogen) atoms. The van der Waals surface area contributed by atoms with Crippen LogP contribution in [0.3, 0.4) is 0 Å². The Hall–Kier alpha value is -2.82. The van der Waals surface area contributed by atoms with Gasteiger partial charge in [0.25, 0.3) is 0 Å².